The fraction of sp³-hybridized carbons (Fsp3) is 0.190. The topological polar surface area (TPSA) is 72.3 Å². The van der Waals surface area contributed by atoms with Crippen molar-refractivity contribution < 1.29 is 9.63 Å². The van der Waals surface area contributed by atoms with Gasteiger partial charge in [0.05, 0.1) is 36.3 Å². The maximum absolute atomic E-state index is 12.7. The predicted octanol–water partition coefficient (Wildman–Crippen LogP) is 3.13. The number of urea groups is 1. The monoisotopic (exact) mass is 373 g/mol. The van der Waals surface area contributed by atoms with Gasteiger partial charge in [0.1, 0.15) is 0 Å². The number of nitrogens with zero attached hydrogens (tertiary/aromatic N) is 4. The molecule has 1 fully saturated rings. The van der Waals surface area contributed by atoms with E-state index in [0.717, 1.165) is 17.5 Å². The zero-order valence-electron chi connectivity index (χ0n) is 15.4. The van der Waals surface area contributed by atoms with E-state index < -0.39 is 0 Å². The fourth-order valence-electron chi connectivity index (χ4n) is 3.03. The van der Waals surface area contributed by atoms with Gasteiger partial charge in [0.15, 0.2) is 0 Å². The second-order valence-corrected chi connectivity index (χ2v) is 6.42. The van der Waals surface area contributed by atoms with Gasteiger partial charge in [0.2, 0.25) is 0 Å². The van der Waals surface area contributed by atoms with E-state index in [1.807, 2.05) is 43.6 Å². The van der Waals surface area contributed by atoms with Crippen molar-refractivity contribution in [1.82, 2.24) is 19.8 Å². The minimum atomic E-state index is -0.328. The molecule has 3 heterocycles. The first kappa shape index (κ1) is 17.8. The molecule has 7 nitrogen and oxygen atoms in total. The largest absolute Gasteiger partial charge is 0.346 e. The number of amides is 2. The molecule has 0 spiro atoms. The molecule has 1 saturated heterocycles. The van der Waals surface area contributed by atoms with Gasteiger partial charge in [-0.2, -0.15) is 10.2 Å². The van der Waals surface area contributed by atoms with E-state index in [4.69, 9.17) is 4.84 Å². The predicted molar refractivity (Wildman–Crippen MR) is 104 cm³/mol. The van der Waals surface area contributed by atoms with Gasteiger partial charge in [-0.05, 0) is 11.6 Å². The van der Waals surface area contributed by atoms with Gasteiger partial charge < -0.3 is 5.32 Å². The van der Waals surface area contributed by atoms with E-state index in [0.29, 0.717) is 17.9 Å². The van der Waals surface area contributed by atoms with Gasteiger partial charge in [0.25, 0.3) is 0 Å². The number of benzene rings is 1. The Bertz CT molecular complexity index is 1040. The van der Waals surface area contributed by atoms with Crippen LogP contribution in [0.15, 0.2) is 61.2 Å². The Labute approximate surface area is 162 Å². The van der Waals surface area contributed by atoms with Crippen LogP contribution in [0.3, 0.4) is 0 Å². The zero-order valence-corrected chi connectivity index (χ0v) is 15.4. The average molecular weight is 373 g/mol. The number of aromatic nitrogens is 3. The first-order chi connectivity index (χ1) is 13.7. The molecule has 1 aliphatic rings. The number of hydroxylamine groups is 2. The van der Waals surface area contributed by atoms with E-state index in [9.17, 15) is 4.79 Å². The Kier molecular flexibility index (Phi) is 5.04. The number of hydrogen-bond acceptors (Lipinski definition) is 4. The molecular weight excluding hydrogens is 354 g/mol. The molecule has 0 radical (unpaired) electrons. The first-order valence-corrected chi connectivity index (χ1v) is 8.93. The van der Waals surface area contributed by atoms with Crippen LogP contribution in [0.4, 0.5) is 10.5 Å². The van der Waals surface area contributed by atoms with Crippen LogP contribution in [0.5, 0.6) is 0 Å². The van der Waals surface area contributed by atoms with E-state index in [1.54, 1.807) is 29.3 Å². The van der Waals surface area contributed by atoms with Crippen LogP contribution in [0.1, 0.15) is 29.2 Å². The van der Waals surface area contributed by atoms with Gasteiger partial charge in [-0.25, -0.2) is 4.79 Å². The number of hydrogen-bond donors (Lipinski definition) is 1. The molecule has 4 rings (SSSR count). The number of anilines is 1. The fourth-order valence-corrected chi connectivity index (χ4v) is 3.03. The number of carbonyl (C=O) groups is 1. The summed E-state index contributed by atoms with van der Waals surface area (Å²) in [6.45, 7) is 0.502. The lowest BCUT2D eigenvalue weighted by Crippen LogP contribution is -2.33. The molecule has 0 saturated carbocycles. The third-order valence-corrected chi connectivity index (χ3v) is 4.33. The van der Waals surface area contributed by atoms with E-state index in [-0.39, 0.29) is 12.1 Å². The molecule has 1 aliphatic heterocycles. The Hall–Kier alpha value is -3.63. The summed E-state index contributed by atoms with van der Waals surface area (Å²) in [5.41, 5.74) is 3.12. The van der Waals surface area contributed by atoms with Crippen LogP contribution in [-0.4, -0.2) is 32.5 Å². The highest BCUT2D eigenvalue weighted by Crippen LogP contribution is 2.30. The molecule has 2 aromatic heterocycles. The van der Waals surface area contributed by atoms with Crippen LogP contribution < -0.4 is 5.32 Å². The molecule has 1 aromatic carbocycles. The molecule has 140 valence electrons. The Balaban J connectivity index is 1.47. The van der Waals surface area contributed by atoms with Crippen LogP contribution >= 0.6 is 0 Å². The van der Waals surface area contributed by atoms with Crippen molar-refractivity contribution >= 4 is 11.7 Å². The van der Waals surface area contributed by atoms with Crippen molar-refractivity contribution in [2.45, 2.75) is 12.5 Å². The van der Waals surface area contributed by atoms with E-state index in [1.165, 1.54) is 5.06 Å². The summed E-state index contributed by atoms with van der Waals surface area (Å²) in [5.74, 6) is 6.05. The quantitative estimate of drug-likeness (QED) is 0.701. The van der Waals surface area contributed by atoms with Gasteiger partial charge in [0, 0.05) is 31.4 Å². The summed E-state index contributed by atoms with van der Waals surface area (Å²) in [7, 11) is 1.84. The molecule has 0 unspecified atom stereocenters. The summed E-state index contributed by atoms with van der Waals surface area (Å²) < 4.78 is 1.69. The molecule has 28 heavy (non-hydrogen) atoms. The van der Waals surface area contributed by atoms with Crippen molar-refractivity contribution in [2.75, 3.05) is 11.9 Å². The smallest absolute Gasteiger partial charge is 0.304 e. The van der Waals surface area contributed by atoms with Crippen molar-refractivity contribution in [3.63, 3.8) is 0 Å². The third-order valence-electron chi connectivity index (χ3n) is 4.33. The number of aryl methyl sites for hydroxylation is 1. The van der Waals surface area contributed by atoms with Gasteiger partial charge in [-0.15, -0.1) is 0 Å². The molecule has 2 amide bonds. The minimum absolute atomic E-state index is 0.109. The highest BCUT2D eigenvalue weighted by atomic mass is 16.7. The lowest BCUT2D eigenvalue weighted by molar-refractivity contribution is -0.0829. The average Bonchev–Trinajstić information content (AvgIpc) is 3.36. The lowest BCUT2D eigenvalue weighted by Gasteiger charge is -2.23. The summed E-state index contributed by atoms with van der Waals surface area (Å²) in [4.78, 5) is 22.4. The van der Waals surface area contributed by atoms with Gasteiger partial charge >= 0.3 is 6.03 Å². The van der Waals surface area contributed by atoms with E-state index >= 15 is 0 Å². The molecule has 7 heteroatoms. The third kappa shape index (κ3) is 4.03. The van der Waals surface area contributed by atoms with Crippen LogP contribution in [0.2, 0.25) is 0 Å². The molecular formula is C21H19N5O2. The number of nitrogens with one attached hydrogen (secondary N) is 1. The van der Waals surface area contributed by atoms with Crippen LogP contribution in [-0.2, 0) is 11.9 Å². The minimum Gasteiger partial charge on any atom is -0.304 e. The summed E-state index contributed by atoms with van der Waals surface area (Å²) in [6, 6.07) is 11.2. The lowest BCUT2D eigenvalue weighted by atomic mass is 10.1. The zero-order chi connectivity index (χ0) is 19.3. The maximum atomic E-state index is 12.7. The highest BCUT2D eigenvalue weighted by Gasteiger charge is 2.31. The summed E-state index contributed by atoms with van der Waals surface area (Å²) in [6.07, 6.45) is 7.52. The van der Waals surface area contributed by atoms with Gasteiger partial charge in [-0.1, -0.05) is 42.2 Å². The molecule has 0 bridgehead atoms. The number of pyridine rings is 1. The van der Waals surface area contributed by atoms with Crippen molar-refractivity contribution in [3.8, 4) is 11.8 Å². The summed E-state index contributed by atoms with van der Waals surface area (Å²) >= 11 is 0. The maximum Gasteiger partial charge on any atom is 0.346 e. The SMILES string of the molecule is Cn1cc(C#Cc2cncc(NC(=O)N3OCC[C@H]3c3ccccc3)c2)cn1. The molecule has 3 aromatic rings. The number of rotatable bonds is 2. The standard InChI is InChI=1S/C21H19N5O2/c1-25-15-17(13-23-25)8-7-16-11-19(14-22-12-16)24-21(27)26-20(9-10-28-26)18-5-3-2-4-6-18/h2-6,11-15,20H,9-10H2,1H3,(H,24,27)/t20-/m0/s1. The van der Waals surface area contributed by atoms with Crippen LogP contribution in [0.25, 0.3) is 0 Å². The van der Waals surface area contributed by atoms with Crippen LogP contribution in [0, 0.1) is 11.8 Å². The molecule has 1 N–H and O–H groups in total. The van der Waals surface area contributed by atoms with Crippen molar-refractivity contribution in [2.24, 2.45) is 7.05 Å². The number of carbonyl (C=O) groups excluding carboxylic acids is 1. The second kappa shape index (κ2) is 7.94. The molecule has 0 aliphatic carbocycles. The Morgan fingerprint density at radius 1 is 1.18 bits per heavy atom. The van der Waals surface area contributed by atoms with Crippen molar-refractivity contribution in [3.05, 3.63) is 77.9 Å². The Morgan fingerprint density at radius 2 is 2.00 bits per heavy atom. The second-order valence-electron chi connectivity index (χ2n) is 6.42. The molecule has 1 atom stereocenters. The van der Waals surface area contributed by atoms with Gasteiger partial charge in [-0.3, -0.25) is 14.5 Å². The Morgan fingerprint density at radius 3 is 2.79 bits per heavy atom. The highest BCUT2D eigenvalue weighted by molar-refractivity contribution is 5.89. The van der Waals surface area contributed by atoms with Crippen molar-refractivity contribution in [1.29, 1.82) is 0 Å². The first-order valence-electron chi connectivity index (χ1n) is 8.93. The summed E-state index contributed by atoms with van der Waals surface area (Å²) in [5, 5.41) is 8.32. The normalized spacial score (nSPS) is 15.8. The van der Waals surface area contributed by atoms with E-state index in [2.05, 4.69) is 27.2 Å².